The second-order valence-electron chi connectivity index (χ2n) is 7.71. The van der Waals surface area contributed by atoms with Crippen LogP contribution in [-0.2, 0) is 11.3 Å². The first-order chi connectivity index (χ1) is 17.4. The number of nitrogens with zero attached hydrogens (tertiary/aromatic N) is 3. The Hall–Kier alpha value is -3.77. The molecule has 3 rings (SSSR count). The first kappa shape index (κ1) is 27.8. The van der Waals surface area contributed by atoms with Gasteiger partial charge in [0.2, 0.25) is 5.91 Å². The normalized spacial score (nSPS) is 12.5. The number of nitrogens with one attached hydrogen (secondary N) is 2. The van der Waals surface area contributed by atoms with Crippen molar-refractivity contribution in [1.82, 2.24) is 25.0 Å². The van der Waals surface area contributed by atoms with Crippen molar-refractivity contribution >= 4 is 41.4 Å². The number of carbonyl (C=O) groups excluding carboxylic acids is 1. The second-order valence-corrected chi connectivity index (χ2v) is 8.55. The molecule has 1 unspecified atom stereocenters. The molecule has 3 N–H and O–H groups in total. The summed E-state index contributed by atoms with van der Waals surface area (Å²) < 4.78 is 39.7. The van der Waals surface area contributed by atoms with E-state index in [4.69, 9.17) is 28.3 Å². The van der Waals surface area contributed by atoms with Crippen LogP contribution in [0.1, 0.15) is 11.5 Å². The summed E-state index contributed by atoms with van der Waals surface area (Å²) in [7, 11) is 0. The number of amides is 2. The molecule has 2 amide bonds. The van der Waals surface area contributed by atoms with Crippen LogP contribution in [0.4, 0.5) is 18.0 Å². The zero-order valence-corrected chi connectivity index (χ0v) is 20.4. The Labute approximate surface area is 218 Å². The average Bonchev–Trinajstić information content (AvgIpc) is 3.13. The molecule has 1 aromatic heterocycles. The Kier molecular flexibility index (Phi) is 9.00. The third-order valence-electron chi connectivity index (χ3n) is 5.07. The Balaban J connectivity index is 1.83. The molecule has 1 atom stereocenters. The van der Waals surface area contributed by atoms with E-state index in [1.807, 2.05) is 0 Å². The highest BCUT2D eigenvalue weighted by Crippen LogP contribution is 2.24. The van der Waals surface area contributed by atoms with Crippen molar-refractivity contribution in [3.8, 4) is 11.4 Å². The first-order valence-corrected chi connectivity index (χ1v) is 11.4. The van der Waals surface area contributed by atoms with E-state index in [0.717, 1.165) is 4.68 Å². The van der Waals surface area contributed by atoms with Gasteiger partial charge in [0, 0.05) is 46.9 Å². The quantitative estimate of drug-likeness (QED) is 0.364. The van der Waals surface area contributed by atoms with Gasteiger partial charge in [-0.25, -0.2) is 18.8 Å². The fraction of sp³-hybridized carbons (Fsp3) is 0.217. The van der Waals surface area contributed by atoms with Crippen LogP contribution in [-0.4, -0.2) is 50.7 Å². The van der Waals surface area contributed by atoms with Crippen LogP contribution in [0.5, 0.6) is 0 Å². The zero-order chi connectivity index (χ0) is 27.2. The molecule has 0 spiro atoms. The van der Waals surface area contributed by atoms with Crippen molar-refractivity contribution in [1.29, 1.82) is 0 Å². The molecule has 37 heavy (non-hydrogen) atoms. The number of hydrogen-bond acceptors (Lipinski definition) is 4. The molecule has 1 heterocycles. The third-order valence-corrected chi connectivity index (χ3v) is 5.67. The van der Waals surface area contributed by atoms with E-state index in [9.17, 15) is 27.6 Å². The fourth-order valence-electron chi connectivity index (χ4n) is 3.35. The Bertz CT molecular complexity index is 1350. The summed E-state index contributed by atoms with van der Waals surface area (Å²) in [4.78, 5) is 36.4. The summed E-state index contributed by atoms with van der Waals surface area (Å²) in [5.74, 6) is -1.35. The average molecular weight is 558 g/mol. The van der Waals surface area contributed by atoms with Crippen molar-refractivity contribution in [2.75, 3.05) is 13.1 Å². The minimum atomic E-state index is -4.69. The molecule has 0 aliphatic rings. The number of allylic oxidation sites excluding steroid dienone is 1. The highest BCUT2D eigenvalue weighted by molar-refractivity contribution is 6.31. The molecule has 0 saturated heterocycles. The van der Waals surface area contributed by atoms with Crippen molar-refractivity contribution in [2.45, 2.75) is 18.6 Å². The standard InChI is InChI=1S/C23H20Cl2F3N5O4/c24-16-7-5-14(6-8-16)20-31-33(22(37)32(20)10-9-23(26,27)28)13-19(34)29-11-15(12-30-21(35)36)17-3-1-2-4-18(17)25/h1-10,15,30H,11-13H2,(H,29,34)(H,35,36)/b10-9+. The smallest absolute Gasteiger partial charge is 0.411 e. The number of hydrogen-bond donors (Lipinski definition) is 3. The number of rotatable bonds is 9. The molecule has 0 fully saturated rings. The molecule has 0 aliphatic carbocycles. The molecule has 0 saturated carbocycles. The van der Waals surface area contributed by atoms with Gasteiger partial charge in [-0.05, 0) is 35.9 Å². The highest BCUT2D eigenvalue weighted by Gasteiger charge is 2.24. The van der Waals surface area contributed by atoms with Crippen molar-refractivity contribution in [3.63, 3.8) is 0 Å². The summed E-state index contributed by atoms with van der Waals surface area (Å²) in [5, 5.41) is 18.6. The number of aromatic nitrogens is 3. The maximum Gasteiger partial charge on any atom is 0.411 e. The fourth-order valence-corrected chi connectivity index (χ4v) is 3.77. The van der Waals surface area contributed by atoms with Crippen molar-refractivity contribution in [3.05, 3.63) is 80.7 Å². The lowest BCUT2D eigenvalue weighted by Crippen LogP contribution is -2.38. The van der Waals surface area contributed by atoms with Crippen LogP contribution < -0.4 is 16.3 Å². The predicted octanol–water partition coefficient (Wildman–Crippen LogP) is 4.22. The van der Waals surface area contributed by atoms with Crippen molar-refractivity contribution < 1.29 is 27.9 Å². The minimum absolute atomic E-state index is 0.0453. The van der Waals surface area contributed by atoms with Crippen LogP contribution in [0.2, 0.25) is 10.0 Å². The van der Waals surface area contributed by atoms with Crippen molar-refractivity contribution in [2.24, 2.45) is 0 Å². The largest absolute Gasteiger partial charge is 0.465 e. The number of halogens is 5. The van der Waals surface area contributed by atoms with Gasteiger partial charge in [-0.2, -0.15) is 13.2 Å². The molecule has 0 aliphatic heterocycles. The maximum absolute atomic E-state index is 12.8. The number of carboxylic acid groups (broad SMARTS) is 1. The van der Waals surface area contributed by atoms with Gasteiger partial charge < -0.3 is 15.7 Å². The molecule has 0 radical (unpaired) electrons. The predicted molar refractivity (Wildman–Crippen MR) is 132 cm³/mol. The molecule has 14 heteroatoms. The molecule has 196 valence electrons. The number of carbonyl (C=O) groups is 2. The molecule has 0 bridgehead atoms. The lowest BCUT2D eigenvalue weighted by atomic mass is 9.99. The molecule has 9 nitrogen and oxygen atoms in total. The van der Waals surface area contributed by atoms with Crippen LogP contribution in [0, 0.1) is 0 Å². The Morgan fingerprint density at radius 3 is 2.32 bits per heavy atom. The minimum Gasteiger partial charge on any atom is -0.465 e. The van der Waals surface area contributed by atoms with E-state index in [2.05, 4.69) is 15.7 Å². The van der Waals surface area contributed by atoms with Gasteiger partial charge in [0.1, 0.15) is 6.54 Å². The van der Waals surface area contributed by atoms with Gasteiger partial charge in [0.15, 0.2) is 5.82 Å². The number of alkyl halides is 3. The summed E-state index contributed by atoms with van der Waals surface area (Å²) in [6.07, 6.45) is -5.54. The van der Waals surface area contributed by atoms with Gasteiger partial charge in [0.05, 0.1) is 0 Å². The highest BCUT2D eigenvalue weighted by atomic mass is 35.5. The first-order valence-electron chi connectivity index (χ1n) is 10.6. The lowest BCUT2D eigenvalue weighted by Gasteiger charge is -2.19. The topological polar surface area (TPSA) is 118 Å². The van der Waals surface area contributed by atoms with E-state index < -0.39 is 36.3 Å². The summed E-state index contributed by atoms with van der Waals surface area (Å²) in [6, 6.07) is 12.6. The van der Waals surface area contributed by atoms with E-state index in [0.29, 0.717) is 31.9 Å². The second kappa shape index (κ2) is 12.0. The van der Waals surface area contributed by atoms with E-state index in [1.165, 1.54) is 24.3 Å². The van der Waals surface area contributed by atoms with Crippen LogP contribution in [0.25, 0.3) is 17.6 Å². The Morgan fingerprint density at radius 1 is 1.05 bits per heavy atom. The van der Waals surface area contributed by atoms with E-state index >= 15 is 0 Å². The maximum atomic E-state index is 12.8. The monoisotopic (exact) mass is 557 g/mol. The molecule has 2 aromatic carbocycles. The number of benzene rings is 2. The van der Waals surface area contributed by atoms with Gasteiger partial charge in [-0.15, -0.1) is 5.10 Å². The zero-order valence-electron chi connectivity index (χ0n) is 18.9. The van der Waals surface area contributed by atoms with Gasteiger partial charge in [-0.3, -0.25) is 4.79 Å². The third kappa shape index (κ3) is 7.86. The molecular weight excluding hydrogens is 538 g/mol. The molecule has 3 aromatic rings. The van der Waals surface area contributed by atoms with E-state index in [1.54, 1.807) is 24.3 Å². The summed E-state index contributed by atoms with van der Waals surface area (Å²) >= 11 is 12.1. The van der Waals surface area contributed by atoms with Gasteiger partial charge >= 0.3 is 18.0 Å². The SMILES string of the molecule is O=C(O)NCC(CNC(=O)Cn1nc(-c2ccc(Cl)cc2)n(/C=C/C(F)(F)F)c1=O)c1ccccc1Cl. The van der Waals surface area contributed by atoms with E-state index in [-0.39, 0.29) is 25.0 Å². The van der Waals surface area contributed by atoms with Gasteiger partial charge in [0.25, 0.3) is 0 Å². The van der Waals surface area contributed by atoms with Crippen LogP contribution >= 0.6 is 23.2 Å². The Morgan fingerprint density at radius 2 is 1.70 bits per heavy atom. The summed E-state index contributed by atoms with van der Waals surface area (Å²) in [6.45, 7) is -0.707. The lowest BCUT2D eigenvalue weighted by molar-refractivity contribution is -0.122. The van der Waals surface area contributed by atoms with Crippen LogP contribution in [0.15, 0.2) is 59.4 Å². The van der Waals surface area contributed by atoms with Crippen LogP contribution in [0.3, 0.4) is 0 Å². The van der Waals surface area contributed by atoms with Gasteiger partial charge in [-0.1, -0.05) is 41.4 Å². The molecular formula is C23H20Cl2F3N5O4. The summed E-state index contributed by atoms with van der Waals surface area (Å²) in [5.41, 5.74) is -0.0937.